The summed E-state index contributed by atoms with van der Waals surface area (Å²) in [5.74, 6) is 0.911. The smallest absolute Gasteiger partial charge is 0.0921 e. The van der Waals surface area contributed by atoms with Crippen LogP contribution in [-0.2, 0) is 0 Å². The molecule has 0 radical (unpaired) electrons. The van der Waals surface area contributed by atoms with Crippen molar-refractivity contribution < 1.29 is 0 Å². The maximum absolute atomic E-state index is 10.4. The molecule has 3 nitrogen and oxygen atoms in total. The Kier molecular flexibility index (Phi) is 3.73. The molecule has 0 bridgehead atoms. The molecular formula is C12H22N2O. The molecule has 2 fully saturated rings. The fraction of sp³-hybridized carbons (Fsp3) is 1.00. The molecule has 1 saturated heterocycles. The van der Waals surface area contributed by atoms with Crippen LogP contribution < -0.4 is 0 Å². The summed E-state index contributed by atoms with van der Waals surface area (Å²) in [7, 11) is 0. The van der Waals surface area contributed by atoms with Gasteiger partial charge in [0.15, 0.2) is 0 Å². The lowest BCUT2D eigenvalue weighted by atomic mass is 9.88. The van der Waals surface area contributed by atoms with Crippen molar-refractivity contribution in [3.63, 3.8) is 0 Å². The van der Waals surface area contributed by atoms with E-state index in [1.165, 1.54) is 38.8 Å². The molecule has 2 rings (SSSR count). The summed E-state index contributed by atoms with van der Waals surface area (Å²) in [6, 6.07) is 0.862. The van der Waals surface area contributed by atoms with E-state index in [1.807, 2.05) is 0 Å². The fourth-order valence-electron chi connectivity index (χ4n) is 2.92. The standard InChI is InChI=1S/C12H22N2O/c1-10-6-8-14(9-7-10)12-4-2-11(13-15)3-5-12/h10-12H,2-9H2,1H3. The quantitative estimate of drug-likeness (QED) is 0.656. The highest BCUT2D eigenvalue weighted by atomic mass is 16.3. The molecule has 2 aliphatic rings. The third kappa shape index (κ3) is 2.77. The number of nitroso groups, excluding NO2 is 1. The highest BCUT2D eigenvalue weighted by molar-refractivity contribution is 4.84. The summed E-state index contributed by atoms with van der Waals surface area (Å²) in [5, 5.41) is 3.17. The second-order valence-electron chi connectivity index (χ2n) is 5.29. The first-order valence-electron chi connectivity index (χ1n) is 6.36. The second-order valence-corrected chi connectivity index (χ2v) is 5.29. The van der Waals surface area contributed by atoms with E-state index in [0.717, 1.165) is 24.8 Å². The lowest BCUT2D eigenvalue weighted by molar-refractivity contribution is 0.107. The van der Waals surface area contributed by atoms with Crippen molar-refractivity contribution in [3.8, 4) is 0 Å². The summed E-state index contributed by atoms with van der Waals surface area (Å²) in [6.45, 7) is 4.89. The molecule has 0 aromatic rings. The van der Waals surface area contributed by atoms with Crippen LogP contribution in [0.4, 0.5) is 0 Å². The Balaban J connectivity index is 1.78. The summed E-state index contributed by atoms with van der Waals surface area (Å²) < 4.78 is 0. The van der Waals surface area contributed by atoms with Crippen molar-refractivity contribution in [3.05, 3.63) is 4.91 Å². The lowest BCUT2D eigenvalue weighted by Gasteiger charge is -2.39. The number of nitrogens with zero attached hydrogens (tertiary/aromatic N) is 2. The number of rotatable bonds is 2. The summed E-state index contributed by atoms with van der Waals surface area (Å²) in [6.07, 6.45) is 7.10. The minimum atomic E-state index is 0.116. The molecule has 1 saturated carbocycles. The van der Waals surface area contributed by atoms with Crippen LogP contribution in [-0.4, -0.2) is 30.1 Å². The number of hydrogen-bond acceptors (Lipinski definition) is 3. The molecule has 0 spiro atoms. The zero-order valence-corrected chi connectivity index (χ0v) is 9.69. The molecule has 0 amide bonds. The summed E-state index contributed by atoms with van der Waals surface area (Å²) in [5.41, 5.74) is 0. The number of hydrogen-bond donors (Lipinski definition) is 0. The van der Waals surface area contributed by atoms with Gasteiger partial charge in [-0.05, 0) is 57.5 Å². The maximum atomic E-state index is 10.4. The molecule has 1 aliphatic carbocycles. The van der Waals surface area contributed by atoms with Crippen molar-refractivity contribution >= 4 is 0 Å². The van der Waals surface area contributed by atoms with E-state index in [1.54, 1.807) is 0 Å². The molecule has 0 aromatic carbocycles. The Morgan fingerprint density at radius 3 is 2.13 bits per heavy atom. The molecule has 1 heterocycles. The maximum Gasteiger partial charge on any atom is 0.0921 e. The van der Waals surface area contributed by atoms with Crippen LogP contribution in [0, 0.1) is 10.8 Å². The molecule has 15 heavy (non-hydrogen) atoms. The van der Waals surface area contributed by atoms with Gasteiger partial charge in [0.1, 0.15) is 0 Å². The van der Waals surface area contributed by atoms with Crippen molar-refractivity contribution in [1.82, 2.24) is 4.90 Å². The van der Waals surface area contributed by atoms with Gasteiger partial charge in [0.2, 0.25) is 0 Å². The van der Waals surface area contributed by atoms with E-state index >= 15 is 0 Å². The Labute approximate surface area is 92.2 Å². The summed E-state index contributed by atoms with van der Waals surface area (Å²) in [4.78, 5) is 13.1. The molecule has 1 aliphatic heterocycles. The van der Waals surface area contributed by atoms with Crippen molar-refractivity contribution in [2.75, 3.05) is 13.1 Å². The molecule has 0 aromatic heterocycles. The second kappa shape index (κ2) is 5.06. The van der Waals surface area contributed by atoms with Gasteiger partial charge in [-0.2, -0.15) is 4.91 Å². The Bertz CT molecular complexity index is 204. The third-order valence-electron chi connectivity index (χ3n) is 4.15. The normalized spacial score (nSPS) is 35.3. The van der Waals surface area contributed by atoms with Crippen molar-refractivity contribution in [1.29, 1.82) is 0 Å². The van der Waals surface area contributed by atoms with Crippen LogP contribution in [0.2, 0.25) is 0 Å². The molecule has 86 valence electrons. The molecule has 3 heteroatoms. The molecule has 0 N–H and O–H groups in total. The zero-order valence-electron chi connectivity index (χ0n) is 9.69. The highest BCUT2D eigenvalue weighted by Gasteiger charge is 2.28. The molecular weight excluding hydrogens is 188 g/mol. The largest absolute Gasteiger partial charge is 0.300 e. The van der Waals surface area contributed by atoms with Gasteiger partial charge in [0.25, 0.3) is 0 Å². The Morgan fingerprint density at radius 1 is 1.00 bits per heavy atom. The monoisotopic (exact) mass is 210 g/mol. The number of likely N-dealkylation sites (tertiary alicyclic amines) is 1. The van der Waals surface area contributed by atoms with Gasteiger partial charge in [-0.25, -0.2) is 0 Å². The lowest BCUT2D eigenvalue weighted by Crippen LogP contribution is -2.43. The van der Waals surface area contributed by atoms with Gasteiger partial charge in [0, 0.05) is 6.04 Å². The van der Waals surface area contributed by atoms with Crippen molar-refractivity contribution in [2.24, 2.45) is 11.1 Å². The minimum Gasteiger partial charge on any atom is -0.300 e. The van der Waals surface area contributed by atoms with Gasteiger partial charge in [-0.15, -0.1) is 0 Å². The van der Waals surface area contributed by atoms with Gasteiger partial charge in [-0.3, -0.25) is 0 Å². The van der Waals surface area contributed by atoms with Gasteiger partial charge in [0.05, 0.1) is 6.04 Å². The first-order valence-corrected chi connectivity index (χ1v) is 6.36. The first kappa shape index (κ1) is 11.1. The predicted molar refractivity (Wildman–Crippen MR) is 61.8 cm³/mol. The van der Waals surface area contributed by atoms with Gasteiger partial charge >= 0.3 is 0 Å². The molecule has 0 atom stereocenters. The SMILES string of the molecule is CC1CCN(C2CCC(N=O)CC2)CC1. The molecule has 0 unspecified atom stereocenters. The number of piperidine rings is 1. The average Bonchev–Trinajstić information content (AvgIpc) is 2.30. The van der Waals surface area contributed by atoms with E-state index < -0.39 is 0 Å². The van der Waals surface area contributed by atoms with Gasteiger partial charge < -0.3 is 4.90 Å². The summed E-state index contributed by atoms with van der Waals surface area (Å²) >= 11 is 0. The van der Waals surface area contributed by atoms with E-state index in [2.05, 4.69) is 17.0 Å². The van der Waals surface area contributed by atoms with Crippen LogP contribution in [0.25, 0.3) is 0 Å². The van der Waals surface area contributed by atoms with E-state index in [9.17, 15) is 4.91 Å². The predicted octanol–water partition coefficient (Wildman–Crippen LogP) is 2.80. The zero-order chi connectivity index (χ0) is 10.7. The van der Waals surface area contributed by atoms with Crippen LogP contribution in [0.3, 0.4) is 0 Å². The Hall–Kier alpha value is -0.440. The fourth-order valence-corrected chi connectivity index (χ4v) is 2.92. The van der Waals surface area contributed by atoms with Crippen molar-refractivity contribution in [2.45, 2.75) is 57.5 Å². The average molecular weight is 210 g/mol. The van der Waals surface area contributed by atoms with Crippen LogP contribution in [0.15, 0.2) is 5.18 Å². The topological polar surface area (TPSA) is 32.7 Å². The highest BCUT2D eigenvalue weighted by Crippen LogP contribution is 2.28. The van der Waals surface area contributed by atoms with Crippen LogP contribution in [0.5, 0.6) is 0 Å². The van der Waals surface area contributed by atoms with Crippen LogP contribution >= 0.6 is 0 Å². The van der Waals surface area contributed by atoms with Crippen LogP contribution in [0.1, 0.15) is 45.4 Å². The first-order chi connectivity index (χ1) is 7.29. The minimum absolute atomic E-state index is 0.116. The van der Waals surface area contributed by atoms with Gasteiger partial charge in [-0.1, -0.05) is 12.1 Å². The van der Waals surface area contributed by atoms with E-state index in [-0.39, 0.29) is 6.04 Å². The van der Waals surface area contributed by atoms with E-state index in [0.29, 0.717) is 0 Å². The third-order valence-corrected chi connectivity index (χ3v) is 4.15. The van der Waals surface area contributed by atoms with E-state index in [4.69, 9.17) is 0 Å². The Morgan fingerprint density at radius 2 is 1.60 bits per heavy atom.